The maximum atomic E-state index is 14.3. The summed E-state index contributed by atoms with van der Waals surface area (Å²) in [7, 11) is 0. The number of piperidine rings is 1. The van der Waals surface area contributed by atoms with E-state index in [1.807, 2.05) is 55.4 Å². The lowest BCUT2D eigenvalue weighted by Gasteiger charge is -2.41. The fourth-order valence-corrected chi connectivity index (χ4v) is 7.18. The molecule has 3 fully saturated rings. The van der Waals surface area contributed by atoms with Crippen LogP contribution in [0.5, 0.6) is 0 Å². The highest BCUT2D eigenvalue weighted by Gasteiger charge is 2.70. The van der Waals surface area contributed by atoms with Crippen LogP contribution in [0.3, 0.4) is 0 Å². The van der Waals surface area contributed by atoms with Crippen LogP contribution in [0, 0.1) is 40.4 Å². The summed E-state index contributed by atoms with van der Waals surface area (Å²) in [6.07, 6.45) is 11.1. The normalized spacial score (nSPS) is 24.0. The van der Waals surface area contributed by atoms with Gasteiger partial charge in [0.05, 0.1) is 0 Å². The predicted molar refractivity (Wildman–Crippen MR) is 180 cm³/mol. The van der Waals surface area contributed by atoms with Gasteiger partial charge in [0, 0.05) is 36.9 Å². The number of urea groups is 1. The standard InChI is InChI=1S/C36H55N5O6/c1-11-16-23(27(43)30(45)37-19-12-2)38-29(44)26-25-22(35(25,9)10)21-41(26)31(46)28(34(6,7)8)39-32(47)40-36(17-14-13-15-18-36)20-24(42)33(3,4)5/h1,12,22-23,25-26,28H,2,13-21H2,3-10H3,(H,37,45)(H,38,44)(H2,39,40,47)/t22-,23?,25-,26-,28+/m0/s1. The molecule has 3 aliphatic rings. The van der Waals surface area contributed by atoms with Gasteiger partial charge in [-0.05, 0) is 35.5 Å². The number of amides is 5. The minimum atomic E-state index is -1.26. The monoisotopic (exact) mass is 653 g/mol. The molecule has 0 bridgehead atoms. The summed E-state index contributed by atoms with van der Waals surface area (Å²) in [5.41, 5.74) is -2.20. The van der Waals surface area contributed by atoms with Gasteiger partial charge in [-0.2, -0.15) is 0 Å². The summed E-state index contributed by atoms with van der Waals surface area (Å²) in [5, 5.41) is 11.1. The second kappa shape index (κ2) is 14.2. The molecule has 0 aromatic carbocycles. The molecule has 0 aromatic rings. The van der Waals surface area contributed by atoms with Gasteiger partial charge >= 0.3 is 6.03 Å². The molecule has 5 amide bonds. The van der Waals surface area contributed by atoms with Crippen molar-refractivity contribution < 1.29 is 28.8 Å². The van der Waals surface area contributed by atoms with Crippen molar-refractivity contribution in [1.29, 1.82) is 0 Å². The molecule has 11 nitrogen and oxygen atoms in total. The van der Waals surface area contributed by atoms with E-state index < -0.39 is 64.0 Å². The van der Waals surface area contributed by atoms with Gasteiger partial charge in [-0.15, -0.1) is 18.9 Å². The smallest absolute Gasteiger partial charge is 0.315 e. The number of ketones is 2. The van der Waals surface area contributed by atoms with Crippen LogP contribution >= 0.6 is 0 Å². The zero-order chi connectivity index (χ0) is 35.5. The molecule has 11 heteroatoms. The summed E-state index contributed by atoms with van der Waals surface area (Å²) in [6.45, 7) is 19.1. The third-order valence-electron chi connectivity index (χ3n) is 10.3. The predicted octanol–water partition coefficient (Wildman–Crippen LogP) is 3.27. The van der Waals surface area contributed by atoms with E-state index in [2.05, 4.69) is 33.8 Å². The number of likely N-dealkylation sites (tertiary alicyclic amines) is 1. The molecule has 260 valence electrons. The fourth-order valence-electron chi connectivity index (χ4n) is 7.18. The Labute approximate surface area is 280 Å². The maximum Gasteiger partial charge on any atom is 0.315 e. The topological polar surface area (TPSA) is 154 Å². The first-order valence-corrected chi connectivity index (χ1v) is 16.8. The van der Waals surface area contributed by atoms with E-state index in [1.165, 1.54) is 11.0 Å². The van der Waals surface area contributed by atoms with E-state index in [9.17, 15) is 28.8 Å². The molecule has 4 N–H and O–H groups in total. The van der Waals surface area contributed by atoms with Gasteiger partial charge < -0.3 is 26.2 Å². The molecule has 1 aliphatic heterocycles. The van der Waals surface area contributed by atoms with Gasteiger partial charge in [0.1, 0.15) is 23.9 Å². The summed E-state index contributed by atoms with van der Waals surface area (Å²) in [4.78, 5) is 81.8. The Bertz CT molecular complexity index is 1310. The molecular weight excluding hydrogens is 598 g/mol. The highest BCUT2D eigenvalue weighted by Crippen LogP contribution is 2.65. The minimum Gasteiger partial charge on any atom is -0.346 e. The first-order valence-electron chi connectivity index (χ1n) is 16.8. The van der Waals surface area contributed by atoms with Gasteiger partial charge in [0.2, 0.25) is 17.6 Å². The Kier molecular flexibility index (Phi) is 11.4. The van der Waals surface area contributed by atoms with Crippen molar-refractivity contribution in [2.45, 2.75) is 124 Å². The second-order valence-corrected chi connectivity index (χ2v) is 16.3. The molecule has 0 radical (unpaired) electrons. The molecular formula is C36H55N5O6. The number of carbonyl (C=O) groups is 6. The van der Waals surface area contributed by atoms with E-state index in [0.717, 1.165) is 19.3 Å². The van der Waals surface area contributed by atoms with E-state index in [-0.39, 0.29) is 42.4 Å². The quantitative estimate of drug-likeness (QED) is 0.144. The Morgan fingerprint density at radius 3 is 2.15 bits per heavy atom. The highest BCUT2D eigenvalue weighted by atomic mass is 16.2. The van der Waals surface area contributed by atoms with Gasteiger partial charge in [-0.25, -0.2) is 4.79 Å². The van der Waals surface area contributed by atoms with Crippen LogP contribution in [0.2, 0.25) is 0 Å². The van der Waals surface area contributed by atoms with E-state index >= 15 is 0 Å². The van der Waals surface area contributed by atoms with Crippen molar-refractivity contribution in [2.24, 2.45) is 28.1 Å². The second-order valence-electron chi connectivity index (χ2n) is 16.3. The Morgan fingerprint density at radius 2 is 1.62 bits per heavy atom. The first-order chi connectivity index (χ1) is 21.7. The van der Waals surface area contributed by atoms with Crippen molar-refractivity contribution in [1.82, 2.24) is 26.2 Å². The number of rotatable bonds is 12. The number of nitrogens with zero attached hydrogens (tertiary/aromatic N) is 1. The van der Waals surface area contributed by atoms with Crippen LogP contribution < -0.4 is 21.3 Å². The molecule has 3 rings (SSSR count). The van der Waals surface area contributed by atoms with E-state index in [4.69, 9.17) is 6.42 Å². The zero-order valence-electron chi connectivity index (χ0n) is 29.5. The third kappa shape index (κ3) is 8.62. The highest BCUT2D eigenvalue weighted by molar-refractivity contribution is 6.38. The molecule has 0 spiro atoms. The zero-order valence-corrected chi connectivity index (χ0v) is 29.5. The van der Waals surface area contributed by atoms with E-state index in [0.29, 0.717) is 19.4 Å². The molecule has 1 saturated heterocycles. The van der Waals surface area contributed by atoms with Crippen LogP contribution in [0.25, 0.3) is 0 Å². The Balaban J connectivity index is 1.84. The largest absolute Gasteiger partial charge is 0.346 e. The minimum absolute atomic E-state index is 0.0447. The fraction of sp³-hybridized carbons (Fsp3) is 0.722. The van der Waals surface area contributed by atoms with Gasteiger partial charge in [-0.3, -0.25) is 24.0 Å². The average molecular weight is 654 g/mol. The first kappa shape index (κ1) is 37.8. The van der Waals surface area contributed by atoms with Crippen LogP contribution in [0.4, 0.5) is 4.79 Å². The molecule has 47 heavy (non-hydrogen) atoms. The molecule has 2 saturated carbocycles. The van der Waals surface area contributed by atoms with Crippen molar-refractivity contribution in [3.05, 3.63) is 12.7 Å². The summed E-state index contributed by atoms with van der Waals surface area (Å²) in [5.74, 6) is -0.469. The number of nitrogens with one attached hydrogen (secondary N) is 4. The van der Waals surface area contributed by atoms with Gasteiger partial charge in [0.15, 0.2) is 0 Å². The van der Waals surface area contributed by atoms with Crippen molar-refractivity contribution in [3.63, 3.8) is 0 Å². The van der Waals surface area contributed by atoms with Crippen molar-refractivity contribution >= 4 is 35.3 Å². The SMILES string of the molecule is C#CCC(NC(=O)[C@@H]1[C@@H]2[C@H](CN1C(=O)[C@@H](NC(=O)NC1(CC(=O)C(C)(C)C)CCCCC1)C(C)(C)C)C2(C)C)C(=O)C(=O)NCC=C. The van der Waals surface area contributed by atoms with Crippen LogP contribution in [0.1, 0.15) is 100 Å². The molecule has 0 aromatic heterocycles. The van der Waals surface area contributed by atoms with Crippen molar-refractivity contribution in [3.8, 4) is 12.3 Å². The van der Waals surface area contributed by atoms with Crippen molar-refractivity contribution in [2.75, 3.05) is 13.1 Å². The van der Waals surface area contributed by atoms with Gasteiger partial charge in [0.25, 0.3) is 5.91 Å². The number of fused-ring (bicyclic) bond motifs is 1. The number of terminal acetylenes is 1. The lowest BCUT2D eigenvalue weighted by Crippen LogP contribution is -2.63. The third-order valence-corrected chi connectivity index (χ3v) is 10.3. The lowest BCUT2D eigenvalue weighted by molar-refractivity contribution is -0.145. The Morgan fingerprint density at radius 1 is 1.00 bits per heavy atom. The summed E-state index contributed by atoms with van der Waals surface area (Å²) < 4.78 is 0. The van der Waals surface area contributed by atoms with Crippen LogP contribution in [0.15, 0.2) is 12.7 Å². The number of Topliss-reactive ketones (excluding diaryl/α,β-unsaturated/α-hetero) is 2. The Hall–Kier alpha value is -3.68. The molecule has 2 aliphatic carbocycles. The number of carbonyl (C=O) groups excluding carboxylic acids is 6. The molecule has 5 atom stereocenters. The molecule has 1 heterocycles. The maximum absolute atomic E-state index is 14.3. The van der Waals surface area contributed by atoms with Crippen LogP contribution in [-0.4, -0.2) is 77.0 Å². The van der Waals surface area contributed by atoms with Crippen LogP contribution in [-0.2, 0) is 24.0 Å². The van der Waals surface area contributed by atoms with E-state index in [1.54, 1.807) is 0 Å². The van der Waals surface area contributed by atoms with Gasteiger partial charge in [-0.1, -0.05) is 80.7 Å². The number of hydrogen-bond acceptors (Lipinski definition) is 6. The number of hydrogen-bond donors (Lipinski definition) is 4. The summed E-state index contributed by atoms with van der Waals surface area (Å²) >= 11 is 0. The average Bonchev–Trinajstić information content (AvgIpc) is 3.28. The molecule has 1 unspecified atom stereocenters. The summed E-state index contributed by atoms with van der Waals surface area (Å²) in [6, 6.07) is -3.71. The lowest BCUT2D eigenvalue weighted by atomic mass is 9.74.